The first-order valence-corrected chi connectivity index (χ1v) is 10.4. The monoisotopic (exact) mass is 414 g/mol. The van der Waals surface area contributed by atoms with Crippen molar-refractivity contribution in [1.82, 2.24) is 19.7 Å². The van der Waals surface area contributed by atoms with E-state index in [0.29, 0.717) is 23.5 Å². The molecular formula is C23H18N4O2S. The predicted octanol–water partition coefficient (Wildman–Crippen LogP) is 4.46. The van der Waals surface area contributed by atoms with Crippen LogP contribution in [-0.4, -0.2) is 19.7 Å². The molecule has 30 heavy (non-hydrogen) atoms. The molecule has 0 aliphatic carbocycles. The van der Waals surface area contributed by atoms with Crippen LogP contribution < -0.4 is 5.56 Å². The van der Waals surface area contributed by atoms with Crippen LogP contribution in [0.4, 0.5) is 0 Å². The van der Waals surface area contributed by atoms with Gasteiger partial charge in [0.05, 0.1) is 11.7 Å². The summed E-state index contributed by atoms with van der Waals surface area (Å²) in [6.45, 7) is 2.23. The van der Waals surface area contributed by atoms with Crippen molar-refractivity contribution in [3.05, 3.63) is 99.5 Å². The van der Waals surface area contributed by atoms with E-state index in [4.69, 9.17) is 4.52 Å². The van der Waals surface area contributed by atoms with Gasteiger partial charge in [0.25, 0.3) is 5.56 Å². The number of aryl methyl sites for hydroxylation is 1. The average molecular weight is 414 g/mol. The number of aromatic nitrogens is 4. The molecule has 2 aromatic carbocycles. The fraction of sp³-hybridized carbons (Fsp3) is 0.130. The second-order valence-corrected chi connectivity index (χ2v) is 8.00. The highest BCUT2D eigenvalue weighted by Gasteiger charge is 2.15. The summed E-state index contributed by atoms with van der Waals surface area (Å²) in [6.07, 6.45) is 2.12. The van der Waals surface area contributed by atoms with Crippen LogP contribution in [0.25, 0.3) is 21.3 Å². The van der Waals surface area contributed by atoms with Crippen LogP contribution in [-0.2, 0) is 13.0 Å². The predicted molar refractivity (Wildman–Crippen MR) is 117 cm³/mol. The van der Waals surface area contributed by atoms with Crippen LogP contribution in [0.15, 0.2) is 75.6 Å². The topological polar surface area (TPSA) is 73.8 Å². The second kappa shape index (κ2) is 7.68. The van der Waals surface area contributed by atoms with Gasteiger partial charge >= 0.3 is 0 Å². The molecule has 0 unspecified atom stereocenters. The molecule has 0 spiro atoms. The molecule has 0 aliphatic heterocycles. The van der Waals surface area contributed by atoms with Crippen LogP contribution in [0.1, 0.15) is 22.8 Å². The molecule has 148 valence electrons. The van der Waals surface area contributed by atoms with Gasteiger partial charge in [0.1, 0.15) is 11.4 Å². The van der Waals surface area contributed by atoms with Gasteiger partial charge in [0, 0.05) is 17.4 Å². The molecule has 0 bridgehead atoms. The zero-order valence-corrected chi connectivity index (χ0v) is 17.1. The Labute approximate surface area is 176 Å². The van der Waals surface area contributed by atoms with Crippen LogP contribution in [0.5, 0.6) is 0 Å². The molecule has 6 nitrogen and oxygen atoms in total. The van der Waals surface area contributed by atoms with Gasteiger partial charge in [0.15, 0.2) is 5.82 Å². The zero-order valence-electron chi connectivity index (χ0n) is 16.3. The standard InChI is InChI=1S/C23H18N4O2S/c1-15-7-9-17(10-8-15)18-13-30-22-21(18)23(28)27(14-24-22)12-20-25-19(26-29-20)11-16-5-3-2-4-6-16/h2-10,13-14H,11-12H2,1H3. The lowest BCUT2D eigenvalue weighted by Gasteiger charge is -2.04. The number of hydrogen-bond acceptors (Lipinski definition) is 6. The van der Waals surface area contributed by atoms with Gasteiger partial charge < -0.3 is 4.52 Å². The van der Waals surface area contributed by atoms with Crippen LogP contribution in [0.2, 0.25) is 0 Å². The minimum atomic E-state index is -0.111. The van der Waals surface area contributed by atoms with Gasteiger partial charge in [-0.25, -0.2) is 4.98 Å². The van der Waals surface area contributed by atoms with E-state index in [1.807, 2.05) is 66.9 Å². The van der Waals surface area contributed by atoms with Crippen molar-refractivity contribution in [2.24, 2.45) is 0 Å². The number of benzene rings is 2. The average Bonchev–Trinajstić information content (AvgIpc) is 3.39. The molecule has 0 saturated heterocycles. The molecule has 7 heteroatoms. The Hall–Kier alpha value is -3.58. The van der Waals surface area contributed by atoms with Crippen molar-refractivity contribution in [2.45, 2.75) is 19.9 Å². The van der Waals surface area contributed by atoms with Crippen molar-refractivity contribution >= 4 is 21.6 Å². The first-order chi connectivity index (χ1) is 14.7. The Balaban J connectivity index is 1.45. The second-order valence-electron chi connectivity index (χ2n) is 7.14. The van der Waals surface area contributed by atoms with Gasteiger partial charge in [-0.3, -0.25) is 9.36 Å². The van der Waals surface area contributed by atoms with Crippen LogP contribution >= 0.6 is 11.3 Å². The molecule has 3 heterocycles. The SMILES string of the molecule is Cc1ccc(-c2csc3ncn(Cc4nc(Cc5ccccc5)no4)c(=O)c23)cc1. The number of fused-ring (bicyclic) bond motifs is 1. The summed E-state index contributed by atoms with van der Waals surface area (Å²) >= 11 is 1.47. The normalized spacial score (nSPS) is 11.2. The van der Waals surface area contributed by atoms with E-state index in [1.54, 1.807) is 6.33 Å². The fourth-order valence-corrected chi connectivity index (χ4v) is 4.28. The molecule has 3 aromatic heterocycles. The van der Waals surface area contributed by atoms with E-state index in [-0.39, 0.29) is 12.1 Å². The molecule has 0 aliphatic rings. The molecular weight excluding hydrogens is 396 g/mol. The smallest absolute Gasteiger partial charge is 0.263 e. The van der Waals surface area contributed by atoms with E-state index in [2.05, 4.69) is 15.1 Å². The number of rotatable bonds is 5. The minimum Gasteiger partial charge on any atom is -0.337 e. The molecule has 0 N–H and O–H groups in total. The third-order valence-corrected chi connectivity index (χ3v) is 5.83. The van der Waals surface area contributed by atoms with Crippen molar-refractivity contribution in [3.8, 4) is 11.1 Å². The van der Waals surface area contributed by atoms with Crippen LogP contribution in [0, 0.1) is 6.92 Å². The van der Waals surface area contributed by atoms with Gasteiger partial charge in [-0.2, -0.15) is 4.98 Å². The highest BCUT2D eigenvalue weighted by molar-refractivity contribution is 7.17. The first-order valence-electron chi connectivity index (χ1n) is 9.56. The third-order valence-electron chi connectivity index (χ3n) is 4.94. The van der Waals surface area contributed by atoms with E-state index in [1.165, 1.54) is 21.5 Å². The van der Waals surface area contributed by atoms with Gasteiger partial charge in [0.2, 0.25) is 5.89 Å². The van der Waals surface area contributed by atoms with E-state index in [9.17, 15) is 4.79 Å². The number of nitrogens with zero attached hydrogens (tertiary/aromatic N) is 4. The Morgan fingerprint density at radius 3 is 2.67 bits per heavy atom. The summed E-state index contributed by atoms with van der Waals surface area (Å²) < 4.78 is 6.89. The Kier molecular flexibility index (Phi) is 4.72. The summed E-state index contributed by atoms with van der Waals surface area (Å²) in [5, 5.41) is 6.65. The summed E-state index contributed by atoms with van der Waals surface area (Å²) in [5.74, 6) is 0.977. The van der Waals surface area contributed by atoms with Gasteiger partial charge in [-0.1, -0.05) is 65.3 Å². The zero-order chi connectivity index (χ0) is 20.5. The Morgan fingerprint density at radius 2 is 1.87 bits per heavy atom. The lowest BCUT2D eigenvalue weighted by atomic mass is 10.1. The lowest BCUT2D eigenvalue weighted by molar-refractivity contribution is 0.365. The fourth-order valence-electron chi connectivity index (χ4n) is 3.38. The third kappa shape index (κ3) is 3.55. The molecule has 0 radical (unpaired) electrons. The Morgan fingerprint density at radius 1 is 1.07 bits per heavy atom. The molecule has 0 saturated carbocycles. The highest BCUT2D eigenvalue weighted by atomic mass is 32.1. The largest absolute Gasteiger partial charge is 0.337 e. The van der Waals surface area contributed by atoms with Crippen molar-refractivity contribution in [2.75, 3.05) is 0 Å². The molecule has 5 aromatic rings. The summed E-state index contributed by atoms with van der Waals surface area (Å²) in [7, 11) is 0. The maximum absolute atomic E-state index is 13.2. The maximum atomic E-state index is 13.2. The lowest BCUT2D eigenvalue weighted by Crippen LogP contribution is -2.21. The first kappa shape index (κ1) is 18.4. The van der Waals surface area contributed by atoms with Gasteiger partial charge in [-0.15, -0.1) is 11.3 Å². The van der Waals surface area contributed by atoms with Crippen molar-refractivity contribution in [3.63, 3.8) is 0 Å². The number of thiophene rings is 1. The molecule has 0 atom stereocenters. The van der Waals surface area contributed by atoms with Crippen molar-refractivity contribution in [1.29, 1.82) is 0 Å². The molecule has 0 amide bonds. The minimum absolute atomic E-state index is 0.111. The van der Waals surface area contributed by atoms with Crippen LogP contribution in [0.3, 0.4) is 0 Å². The summed E-state index contributed by atoms with van der Waals surface area (Å²) in [5.41, 5.74) is 4.07. The van der Waals surface area contributed by atoms with E-state index >= 15 is 0 Å². The molecule has 0 fully saturated rings. The number of hydrogen-bond donors (Lipinski definition) is 0. The summed E-state index contributed by atoms with van der Waals surface area (Å²) in [4.78, 5) is 22.8. The van der Waals surface area contributed by atoms with Crippen molar-refractivity contribution < 1.29 is 4.52 Å². The van der Waals surface area contributed by atoms with E-state index < -0.39 is 0 Å². The quantitative estimate of drug-likeness (QED) is 0.425. The Bertz CT molecular complexity index is 1370. The summed E-state index contributed by atoms with van der Waals surface area (Å²) in [6, 6.07) is 18.1. The van der Waals surface area contributed by atoms with Gasteiger partial charge in [-0.05, 0) is 18.1 Å². The highest BCUT2D eigenvalue weighted by Crippen LogP contribution is 2.30. The van der Waals surface area contributed by atoms with E-state index in [0.717, 1.165) is 21.5 Å². The maximum Gasteiger partial charge on any atom is 0.263 e. The molecule has 5 rings (SSSR count).